The molecule has 0 aliphatic heterocycles. The SMILES string of the molecule is Fc1ccc(CN(CCc2ccccn2)Cc2ccc(F)cc2)cc1. The van der Waals surface area contributed by atoms with Gasteiger partial charge in [-0.15, -0.1) is 0 Å². The Morgan fingerprint density at radius 3 is 1.76 bits per heavy atom. The number of rotatable bonds is 7. The molecule has 0 unspecified atom stereocenters. The van der Waals surface area contributed by atoms with Gasteiger partial charge >= 0.3 is 0 Å². The third-order valence-corrected chi connectivity index (χ3v) is 4.05. The van der Waals surface area contributed by atoms with Crippen LogP contribution in [-0.2, 0) is 19.5 Å². The average Bonchev–Trinajstić information content (AvgIpc) is 2.64. The van der Waals surface area contributed by atoms with Gasteiger partial charge in [-0.25, -0.2) is 8.78 Å². The van der Waals surface area contributed by atoms with E-state index in [9.17, 15) is 8.78 Å². The van der Waals surface area contributed by atoms with E-state index in [-0.39, 0.29) is 11.6 Å². The van der Waals surface area contributed by atoms with Crippen LogP contribution in [0, 0.1) is 11.6 Å². The Kier molecular flexibility index (Phi) is 5.86. The van der Waals surface area contributed by atoms with Gasteiger partial charge in [0, 0.05) is 37.9 Å². The zero-order chi connectivity index (χ0) is 17.5. The van der Waals surface area contributed by atoms with E-state index in [4.69, 9.17) is 0 Å². The molecule has 0 N–H and O–H groups in total. The lowest BCUT2D eigenvalue weighted by molar-refractivity contribution is 0.259. The average molecular weight is 338 g/mol. The molecule has 0 saturated heterocycles. The summed E-state index contributed by atoms with van der Waals surface area (Å²) in [5, 5.41) is 0. The van der Waals surface area contributed by atoms with Crippen molar-refractivity contribution in [2.24, 2.45) is 0 Å². The van der Waals surface area contributed by atoms with Crippen LogP contribution < -0.4 is 0 Å². The molecule has 0 bridgehead atoms. The monoisotopic (exact) mass is 338 g/mol. The predicted octanol–water partition coefficient (Wildman–Crippen LogP) is 4.60. The molecule has 2 nitrogen and oxygen atoms in total. The minimum absolute atomic E-state index is 0.234. The Hall–Kier alpha value is -2.59. The van der Waals surface area contributed by atoms with Gasteiger partial charge in [0.1, 0.15) is 11.6 Å². The van der Waals surface area contributed by atoms with Crippen molar-refractivity contribution >= 4 is 0 Å². The maximum absolute atomic E-state index is 13.1. The summed E-state index contributed by atoms with van der Waals surface area (Å²) >= 11 is 0. The molecule has 128 valence electrons. The number of hydrogen-bond donors (Lipinski definition) is 0. The standard InChI is InChI=1S/C21H20F2N2/c22-19-8-4-17(5-9-19)15-25(14-12-21-3-1-2-13-24-21)16-18-6-10-20(23)11-7-18/h1-11,13H,12,14-16H2. The van der Waals surface area contributed by atoms with E-state index in [1.54, 1.807) is 30.5 Å². The first-order valence-electron chi connectivity index (χ1n) is 8.30. The van der Waals surface area contributed by atoms with Crippen LogP contribution in [0.4, 0.5) is 8.78 Å². The van der Waals surface area contributed by atoms with Crippen LogP contribution in [0.1, 0.15) is 16.8 Å². The summed E-state index contributed by atoms with van der Waals surface area (Å²) in [6.45, 7) is 2.21. The Morgan fingerprint density at radius 1 is 0.720 bits per heavy atom. The fraction of sp³-hybridized carbons (Fsp3) is 0.190. The summed E-state index contributed by atoms with van der Waals surface area (Å²) < 4.78 is 26.2. The quantitative estimate of drug-likeness (QED) is 0.626. The fourth-order valence-electron chi connectivity index (χ4n) is 2.73. The van der Waals surface area contributed by atoms with Gasteiger partial charge in [0.05, 0.1) is 0 Å². The van der Waals surface area contributed by atoms with E-state index in [0.29, 0.717) is 13.1 Å². The van der Waals surface area contributed by atoms with Crippen molar-refractivity contribution in [1.82, 2.24) is 9.88 Å². The van der Waals surface area contributed by atoms with Crippen molar-refractivity contribution in [3.63, 3.8) is 0 Å². The lowest BCUT2D eigenvalue weighted by atomic mass is 10.1. The Morgan fingerprint density at radius 2 is 1.28 bits per heavy atom. The second-order valence-electron chi connectivity index (χ2n) is 6.03. The molecular weight excluding hydrogens is 318 g/mol. The van der Waals surface area contributed by atoms with Gasteiger partial charge in [-0.05, 0) is 47.5 Å². The summed E-state index contributed by atoms with van der Waals surface area (Å²) in [6.07, 6.45) is 2.61. The van der Waals surface area contributed by atoms with E-state index in [0.717, 1.165) is 29.8 Å². The molecule has 0 amide bonds. The Labute approximate surface area is 146 Å². The van der Waals surface area contributed by atoms with Crippen molar-refractivity contribution in [2.75, 3.05) is 6.54 Å². The Bertz CT molecular complexity index is 724. The number of halogens is 2. The molecule has 1 aromatic heterocycles. The highest BCUT2D eigenvalue weighted by Crippen LogP contribution is 2.12. The third kappa shape index (κ3) is 5.47. The lowest BCUT2D eigenvalue weighted by Crippen LogP contribution is -2.25. The molecule has 3 aromatic rings. The number of aromatic nitrogens is 1. The molecule has 0 aliphatic carbocycles. The minimum atomic E-state index is -0.234. The second kappa shape index (κ2) is 8.49. The van der Waals surface area contributed by atoms with Gasteiger partial charge < -0.3 is 0 Å². The smallest absolute Gasteiger partial charge is 0.123 e. The minimum Gasteiger partial charge on any atom is -0.294 e. The molecule has 25 heavy (non-hydrogen) atoms. The van der Waals surface area contributed by atoms with Crippen LogP contribution in [0.3, 0.4) is 0 Å². The predicted molar refractivity (Wildman–Crippen MR) is 94.9 cm³/mol. The second-order valence-corrected chi connectivity index (χ2v) is 6.03. The molecule has 1 heterocycles. The Balaban J connectivity index is 1.70. The number of nitrogens with zero attached hydrogens (tertiary/aromatic N) is 2. The molecule has 0 fully saturated rings. The molecule has 0 radical (unpaired) electrons. The van der Waals surface area contributed by atoms with E-state index >= 15 is 0 Å². The van der Waals surface area contributed by atoms with Crippen LogP contribution >= 0.6 is 0 Å². The van der Waals surface area contributed by atoms with Crippen LogP contribution in [0.25, 0.3) is 0 Å². The van der Waals surface area contributed by atoms with Crippen molar-refractivity contribution in [1.29, 1.82) is 0 Å². The van der Waals surface area contributed by atoms with Crippen LogP contribution in [0.2, 0.25) is 0 Å². The van der Waals surface area contributed by atoms with Gasteiger partial charge in [-0.2, -0.15) is 0 Å². The highest BCUT2D eigenvalue weighted by molar-refractivity contribution is 5.18. The zero-order valence-corrected chi connectivity index (χ0v) is 13.9. The zero-order valence-electron chi connectivity index (χ0n) is 13.9. The van der Waals surface area contributed by atoms with E-state index in [1.807, 2.05) is 18.2 Å². The lowest BCUT2D eigenvalue weighted by Gasteiger charge is -2.22. The third-order valence-electron chi connectivity index (χ3n) is 4.05. The van der Waals surface area contributed by atoms with E-state index in [2.05, 4.69) is 9.88 Å². The van der Waals surface area contributed by atoms with Gasteiger partial charge in [0.15, 0.2) is 0 Å². The largest absolute Gasteiger partial charge is 0.294 e. The van der Waals surface area contributed by atoms with Crippen LogP contribution in [0.15, 0.2) is 72.9 Å². The highest BCUT2D eigenvalue weighted by Gasteiger charge is 2.09. The van der Waals surface area contributed by atoms with Gasteiger partial charge in [0.25, 0.3) is 0 Å². The summed E-state index contributed by atoms with van der Waals surface area (Å²) in [7, 11) is 0. The van der Waals surface area contributed by atoms with E-state index in [1.165, 1.54) is 24.3 Å². The summed E-state index contributed by atoms with van der Waals surface area (Å²) in [5.41, 5.74) is 3.12. The maximum atomic E-state index is 13.1. The van der Waals surface area contributed by atoms with Crippen LogP contribution in [-0.4, -0.2) is 16.4 Å². The summed E-state index contributed by atoms with van der Waals surface area (Å²) in [4.78, 5) is 6.62. The van der Waals surface area contributed by atoms with Crippen molar-refractivity contribution in [2.45, 2.75) is 19.5 Å². The first-order valence-corrected chi connectivity index (χ1v) is 8.30. The maximum Gasteiger partial charge on any atom is 0.123 e. The number of hydrogen-bond acceptors (Lipinski definition) is 2. The normalized spacial score (nSPS) is 11.0. The molecule has 0 aliphatic rings. The molecule has 3 rings (SSSR count). The molecule has 0 spiro atoms. The number of benzene rings is 2. The van der Waals surface area contributed by atoms with Gasteiger partial charge in [-0.1, -0.05) is 30.3 Å². The highest BCUT2D eigenvalue weighted by atomic mass is 19.1. The fourth-order valence-corrected chi connectivity index (χ4v) is 2.73. The van der Waals surface area contributed by atoms with Crippen LogP contribution in [0.5, 0.6) is 0 Å². The first kappa shape index (κ1) is 17.2. The molecule has 0 saturated carbocycles. The topological polar surface area (TPSA) is 16.1 Å². The van der Waals surface area contributed by atoms with Crippen molar-refractivity contribution in [3.05, 3.63) is 101 Å². The molecule has 0 atom stereocenters. The van der Waals surface area contributed by atoms with Gasteiger partial charge in [0.2, 0.25) is 0 Å². The summed E-state index contributed by atoms with van der Waals surface area (Å²) in [5.74, 6) is -0.468. The molecule has 4 heteroatoms. The molecular formula is C21H20F2N2. The summed E-state index contributed by atoms with van der Waals surface area (Å²) in [6, 6.07) is 19.0. The van der Waals surface area contributed by atoms with Crippen molar-refractivity contribution < 1.29 is 8.78 Å². The number of pyridine rings is 1. The van der Waals surface area contributed by atoms with E-state index < -0.39 is 0 Å². The van der Waals surface area contributed by atoms with Gasteiger partial charge in [-0.3, -0.25) is 9.88 Å². The molecule has 2 aromatic carbocycles. The first-order chi connectivity index (χ1) is 12.2. The van der Waals surface area contributed by atoms with Crippen molar-refractivity contribution in [3.8, 4) is 0 Å².